The second-order valence-corrected chi connectivity index (χ2v) is 2.53. The number of aliphatic hydroxyl groups is 4. The highest BCUT2D eigenvalue weighted by Crippen LogP contribution is 2.00. The van der Waals surface area contributed by atoms with Gasteiger partial charge in [0.25, 0.3) is 0 Å². The Labute approximate surface area is 69.2 Å². The van der Waals surface area contributed by atoms with Crippen molar-refractivity contribution in [3.05, 3.63) is 0 Å². The van der Waals surface area contributed by atoms with Crippen LogP contribution in [0.4, 0.5) is 0 Å². The monoisotopic (exact) mass is 180 g/mol. The predicted octanol–water partition coefficient (Wildman–Crippen LogP) is -4.13. The lowest BCUT2D eigenvalue weighted by Crippen LogP contribution is -2.70. The third-order valence-electron chi connectivity index (χ3n) is 1.54. The molecule has 4 atom stereocenters. The van der Waals surface area contributed by atoms with E-state index in [2.05, 4.69) is 5.73 Å². The molecule has 0 aliphatic heterocycles. The molecule has 0 unspecified atom stereocenters. The molecule has 0 heterocycles. The summed E-state index contributed by atoms with van der Waals surface area (Å²) in [5.41, 5.74) is 3.22. The summed E-state index contributed by atoms with van der Waals surface area (Å²) in [5, 5.41) is 35.3. The van der Waals surface area contributed by atoms with Crippen LogP contribution in [-0.4, -0.2) is 57.7 Å². The first-order valence-electron chi connectivity index (χ1n) is 3.48. The Kier molecular flexibility index (Phi) is 4.95. The molecule has 0 spiro atoms. The fourth-order valence-electron chi connectivity index (χ4n) is 0.669. The minimum Gasteiger partial charge on any atom is -0.394 e. The molecule has 0 aliphatic carbocycles. The lowest BCUT2D eigenvalue weighted by Gasteiger charge is -2.21. The minimum atomic E-state index is -1.55. The maximum Gasteiger partial charge on any atom is 0.179 e. The van der Waals surface area contributed by atoms with Crippen LogP contribution in [0.1, 0.15) is 0 Å². The van der Waals surface area contributed by atoms with Crippen molar-refractivity contribution in [3.63, 3.8) is 0 Å². The number of carbonyl (C=O) groups excluding carboxylic acids is 1. The van der Waals surface area contributed by atoms with Gasteiger partial charge < -0.3 is 26.2 Å². The van der Waals surface area contributed by atoms with Crippen molar-refractivity contribution in [2.24, 2.45) is 0 Å². The lowest BCUT2D eigenvalue weighted by molar-refractivity contribution is -0.423. The van der Waals surface area contributed by atoms with Crippen LogP contribution in [-0.2, 0) is 4.79 Å². The fourth-order valence-corrected chi connectivity index (χ4v) is 0.669. The maximum absolute atomic E-state index is 10.1. The van der Waals surface area contributed by atoms with Crippen molar-refractivity contribution in [3.8, 4) is 0 Å². The molecule has 0 saturated carbocycles. The van der Waals surface area contributed by atoms with E-state index >= 15 is 0 Å². The summed E-state index contributed by atoms with van der Waals surface area (Å²) in [6.45, 7) is -0.677. The zero-order valence-electron chi connectivity index (χ0n) is 6.50. The average Bonchev–Trinajstić information content (AvgIpc) is 2.12. The summed E-state index contributed by atoms with van der Waals surface area (Å²) in [7, 11) is 0. The molecule has 0 amide bonds. The summed E-state index contributed by atoms with van der Waals surface area (Å²) >= 11 is 0. The normalized spacial score (nSPS) is 21.1. The van der Waals surface area contributed by atoms with Gasteiger partial charge >= 0.3 is 0 Å². The molecule has 0 aromatic carbocycles. The van der Waals surface area contributed by atoms with E-state index in [0.29, 0.717) is 6.29 Å². The Morgan fingerprint density at radius 1 is 1.25 bits per heavy atom. The van der Waals surface area contributed by atoms with Gasteiger partial charge in [0.15, 0.2) is 12.3 Å². The van der Waals surface area contributed by atoms with Gasteiger partial charge in [-0.15, -0.1) is 0 Å². The maximum atomic E-state index is 10.1. The first-order chi connectivity index (χ1) is 5.54. The topological polar surface area (TPSA) is 126 Å². The van der Waals surface area contributed by atoms with Crippen molar-refractivity contribution in [1.82, 2.24) is 0 Å². The van der Waals surface area contributed by atoms with E-state index in [9.17, 15) is 4.79 Å². The van der Waals surface area contributed by atoms with Gasteiger partial charge in [0.2, 0.25) is 0 Å². The minimum absolute atomic E-state index is 0.359. The Morgan fingerprint density at radius 2 is 1.75 bits per heavy atom. The van der Waals surface area contributed by atoms with E-state index < -0.39 is 31.0 Å². The van der Waals surface area contributed by atoms with Crippen LogP contribution in [0.15, 0.2) is 0 Å². The van der Waals surface area contributed by atoms with Crippen molar-refractivity contribution >= 4 is 6.29 Å². The van der Waals surface area contributed by atoms with Gasteiger partial charge in [0.1, 0.15) is 18.3 Å². The Morgan fingerprint density at radius 3 is 2.08 bits per heavy atom. The highest BCUT2D eigenvalue weighted by molar-refractivity contribution is 5.56. The largest absolute Gasteiger partial charge is 0.394 e. The molecule has 0 radical (unpaired) electrons. The fraction of sp³-hybridized carbons (Fsp3) is 0.833. The molecule has 6 heteroatoms. The first-order valence-corrected chi connectivity index (χ1v) is 3.48. The number of hydrogen-bond donors (Lipinski definition) is 5. The van der Waals surface area contributed by atoms with Crippen molar-refractivity contribution in [2.75, 3.05) is 6.61 Å². The van der Waals surface area contributed by atoms with Gasteiger partial charge in [-0.1, -0.05) is 0 Å². The number of hydrogen-bond acceptors (Lipinski definition) is 5. The molecular weight excluding hydrogens is 166 g/mol. The molecule has 6 nitrogen and oxygen atoms in total. The number of carbonyl (C=O) groups is 1. The molecule has 0 aromatic rings. The summed E-state index contributed by atoms with van der Waals surface area (Å²) < 4.78 is 0. The standard InChI is InChI=1S/C6H13NO5/c7-3(1-8)5(11)6(12)4(10)2-9/h1,3-6,9-12H,2,7H2/p+1/t3-,4+,5+,6+/m0/s1. The number of aliphatic hydroxyl groups excluding tert-OH is 4. The first kappa shape index (κ1) is 11.5. The molecule has 72 valence electrons. The van der Waals surface area contributed by atoms with Gasteiger partial charge in [-0.2, -0.15) is 0 Å². The highest BCUT2D eigenvalue weighted by Gasteiger charge is 2.30. The van der Waals surface area contributed by atoms with Gasteiger partial charge in [-0.3, -0.25) is 4.79 Å². The molecule has 12 heavy (non-hydrogen) atoms. The Balaban J connectivity index is 4.07. The second kappa shape index (κ2) is 5.18. The van der Waals surface area contributed by atoms with Crippen LogP contribution >= 0.6 is 0 Å². The van der Waals surface area contributed by atoms with Gasteiger partial charge in [-0.05, 0) is 0 Å². The van der Waals surface area contributed by atoms with Crippen LogP contribution in [0.2, 0.25) is 0 Å². The Bertz CT molecular complexity index is 142. The van der Waals surface area contributed by atoms with Crippen molar-refractivity contribution < 1.29 is 31.0 Å². The van der Waals surface area contributed by atoms with Crippen LogP contribution < -0.4 is 5.73 Å². The summed E-state index contributed by atoms with van der Waals surface area (Å²) in [4.78, 5) is 10.1. The molecule has 0 saturated heterocycles. The molecule has 0 fully saturated rings. The van der Waals surface area contributed by atoms with Crippen LogP contribution in [0.3, 0.4) is 0 Å². The van der Waals surface area contributed by atoms with Crippen LogP contribution in [0.25, 0.3) is 0 Å². The van der Waals surface area contributed by atoms with Crippen LogP contribution in [0.5, 0.6) is 0 Å². The Hall–Kier alpha value is -0.530. The highest BCUT2D eigenvalue weighted by atomic mass is 16.4. The van der Waals surface area contributed by atoms with E-state index in [0.717, 1.165) is 0 Å². The number of aldehydes is 1. The average molecular weight is 180 g/mol. The van der Waals surface area contributed by atoms with Crippen molar-refractivity contribution in [2.45, 2.75) is 24.4 Å². The smallest absolute Gasteiger partial charge is 0.179 e. The second-order valence-electron chi connectivity index (χ2n) is 2.53. The van der Waals surface area contributed by atoms with E-state index in [1.165, 1.54) is 0 Å². The molecule has 0 rings (SSSR count). The molecule has 7 N–H and O–H groups in total. The van der Waals surface area contributed by atoms with E-state index in [1.807, 2.05) is 0 Å². The van der Waals surface area contributed by atoms with Gasteiger partial charge in [0, 0.05) is 0 Å². The van der Waals surface area contributed by atoms with Gasteiger partial charge in [-0.25, -0.2) is 0 Å². The van der Waals surface area contributed by atoms with Gasteiger partial charge in [0.05, 0.1) is 6.61 Å². The zero-order chi connectivity index (χ0) is 9.72. The molecule has 0 bridgehead atoms. The van der Waals surface area contributed by atoms with E-state index in [4.69, 9.17) is 20.4 Å². The zero-order valence-corrected chi connectivity index (χ0v) is 6.50. The SMILES string of the molecule is [NH3+][C@@H](C=O)[C@@H](O)[C@H](O)[C@H](O)CO. The summed E-state index contributed by atoms with van der Waals surface area (Å²) in [6.07, 6.45) is -4.10. The molecule has 0 aliphatic rings. The molecular formula is C6H14NO5+. The lowest BCUT2D eigenvalue weighted by atomic mass is 10.0. The third kappa shape index (κ3) is 2.84. The van der Waals surface area contributed by atoms with E-state index in [-0.39, 0.29) is 0 Å². The van der Waals surface area contributed by atoms with Crippen molar-refractivity contribution in [1.29, 1.82) is 0 Å². The summed E-state index contributed by atoms with van der Waals surface area (Å²) in [5.74, 6) is 0. The molecule has 0 aromatic heterocycles. The third-order valence-corrected chi connectivity index (χ3v) is 1.54. The number of rotatable bonds is 5. The van der Waals surface area contributed by atoms with E-state index in [1.54, 1.807) is 0 Å². The summed E-state index contributed by atoms with van der Waals surface area (Å²) in [6, 6.07) is -1.01. The van der Waals surface area contributed by atoms with Crippen LogP contribution in [0, 0.1) is 0 Å². The quantitative estimate of drug-likeness (QED) is 0.275. The number of quaternary nitrogens is 1. The predicted molar refractivity (Wildman–Crippen MR) is 37.8 cm³/mol.